The van der Waals surface area contributed by atoms with E-state index in [0.717, 1.165) is 31.2 Å². The van der Waals surface area contributed by atoms with Crippen molar-refractivity contribution in [2.45, 2.75) is 52.1 Å². The first-order valence-corrected chi connectivity index (χ1v) is 9.33. The number of carboxylic acids is 1. The van der Waals surface area contributed by atoms with Gasteiger partial charge in [0.05, 0.1) is 17.1 Å². The number of primary amides is 1. The topological polar surface area (TPSA) is 128 Å². The van der Waals surface area contributed by atoms with Gasteiger partial charge in [-0.2, -0.15) is 0 Å². The largest absolute Gasteiger partial charge is 0.481 e. The van der Waals surface area contributed by atoms with Gasteiger partial charge in [0, 0.05) is 24.2 Å². The molecule has 1 aliphatic carbocycles. The Morgan fingerprint density at radius 1 is 1.14 bits per heavy atom. The summed E-state index contributed by atoms with van der Waals surface area (Å²) in [5.41, 5.74) is 8.00. The van der Waals surface area contributed by atoms with Gasteiger partial charge in [-0.15, -0.1) is 0 Å². The Labute approximate surface area is 163 Å². The number of aryl methyl sites for hydroxylation is 2. The van der Waals surface area contributed by atoms with Crippen molar-refractivity contribution in [2.75, 3.05) is 0 Å². The molecule has 3 rings (SSSR count). The summed E-state index contributed by atoms with van der Waals surface area (Å²) in [6.07, 6.45) is 5.27. The van der Waals surface area contributed by atoms with Crippen molar-refractivity contribution < 1.29 is 19.4 Å². The van der Waals surface area contributed by atoms with Crippen LogP contribution in [0.3, 0.4) is 0 Å². The van der Waals surface area contributed by atoms with Gasteiger partial charge >= 0.3 is 5.97 Å². The van der Waals surface area contributed by atoms with Crippen LogP contribution in [0.2, 0.25) is 0 Å². The van der Waals surface area contributed by atoms with Crippen LogP contribution in [0.15, 0.2) is 18.3 Å². The molecule has 2 aromatic heterocycles. The van der Waals surface area contributed by atoms with Crippen molar-refractivity contribution >= 4 is 11.9 Å². The van der Waals surface area contributed by atoms with Crippen molar-refractivity contribution in [2.24, 2.45) is 11.7 Å². The van der Waals surface area contributed by atoms with Gasteiger partial charge in [-0.25, -0.2) is 9.97 Å². The summed E-state index contributed by atoms with van der Waals surface area (Å²) in [6, 6.07) is 3.60. The van der Waals surface area contributed by atoms with Crippen LogP contribution in [-0.2, 0) is 4.79 Å². The molecular formula is C20H24N4O4. The number of rotatable bonds is 6. The highest BCUT2D eigenvalue weighted by Crippen LogP contribution is 2.30. The van der Waals surface area contributed by atoms with E-state index in [2.05, 4.69) is 15.0 Å². The minimum Gasteiger partial charge on any atom is -0.481 e. The second-order valence-electron chi connectivity index (χ2n) is 7.20. The van der Waals surface area contributed by atoms with E-state index in [1.54, 1.807) is 19.2 Å². The molecule has 1 fully saturated rings. The van der Waals surface area contributed by atoms with Gasteiger partial charge in [0.15, 0.2) is 0 Å². The SMILES string of the molecule is Cc1nc(C)c(-c2ccc(O[C@H]3CC[C@@H](CC(=O)O)CC3)nc2)nc1C(N)=O. The third-order valence-electron chi connectivity index (χ3n) is 5.03. The van der Waals surface area contributed by atoms with Crippen LogP contribution in [0, 0.1) is 19.8 Å². The standard InChI is InChI=1S/C20H24N4O4/c1-11-18(24-19(20(21)27)12(2)23-11)14-5-8-16(22-10-14)28-15-6-3-13(4-7-15)9-17(25)26/h5,8,10,13,15H,3-4,6-7,9H2,1-2H3,(H2,21,27)(H,25,26)/t13-,15+. The fraction of sp³-hybridized carbons (Fsp3) is 0.450. The van der Waals surface area contributed by atoms with Gasteiger partial charge in [-0.1, -0.05) is 0 Å². The van der Waals surface area contributed by atoms with E-state index in [4.69, 9.17) is 15.6 Å². The molecule has 8 nitrogen and oxygen atoms in total. The normalized spacial score (nSPS) is 19.2. The summed E-state index contributed by atoms with van der Waals surface area (Å²) < 4.78 is 5.94. The number of hydrogen-bond donors (Lipinski definition) is 2. The summed E-state index contributed by atoms with van der Waals surface area (Å²) in [6.45, 7) is 3.52. The maximum absolute atomic E-state index is 11.5. The monoisotopic (exact) mass is 384 g/mol. The minimum absolute atomic E-state index is 0.0470. The fourth-order valence-electron chi connectivity index (χ4n) is 3.60. The van der Waals surface area contributed by atoms with Crippen LogP contribution in [0.5, 0.6) is 5.88 Å². The van der Waals surface area contributed by atoms with E-state index in [9.17, 15) is 9.59 Å². The lowest BCUT2D eigenvalue weighted by atomic mass is 9.85. The molecule has 0 radical (unpaired) electrons. The van der Waals surface area contributed by atoms with Crippen LogP contribution in [0.1, 0.15) is 54.0 Å². The van der Waals surface area contributed by atoms with Crippen LogP contribution in [0.25, 0.3) is 11.3 Å². The number of carboxylic acid groups (broad SMARTS) is 1. The first-order valence-electron chi connectivity index (χ1n) is 9.33. The summed E-state index contributed by atoms with van der Waals surface area (Å²) in [4.78, 5) is 35.4. The maximum atomic E-state index is 11.5. The first-order chi connectivity index (χ1) is 13.3. The molecule has 0 unspecified atom stereocenters. The zero-order chi connectivity index (χ0) is 20.3. The average molecular weight is 384 g/mol. The average Bonchev–Trinajstić information content (AvgIpc) is 2.63. The Morgan fingerprint density at radius 3 is 2.43 bits per heavy atom. The Balaban J connectivity index is 1.67. The summed E-state index contributed by atoms with van der Waals surface area (Å²) in [5.74, 6) is -0.609. The highest BCUT2D eigenvalue weighted by molar-refractivity contribution is 5.92. The molecule has 2 heterocycles. The molecule has 28 heavy (non-hydrogen) atoms. The highest BCUT2D eigenvalue weighted by atomic mass is 16.5. The zero-order valence-electron chi connectivity index (χ0n) is 16.0. The number of pyridine rings is 1. The molecule has 0 saturated heterocycles. The van der Waals surface area contributed by atoms with Gasteiger partial charge in [0.2, 0.25) is 5.88 Å². The van der Waals surface area contributed by atoms with Crippen LogP contribution in [0.4, 0.5) is 0 Å². The number of ether oxygens (including phenoxy) is 1. The van der Waals surface area contributed by atoms with Crippen molar-refractivity contribution in [3.63, 3.8) is 0 Å². The smallest absolute Gasteiger partial charge is 0.303 e. The molecule has 8 heteroatoms. The molecule has 0 aliphatic heterocycles. The Bertz CT molecular complexity index is 875. The molecule has 0 spiro atoms. The lowest BCUT2D eigenvalue weighted by Gasteiger charge is -2.27. The molecule has 0 bridgehead atoms. The second-order valence-corrected chi connectivity index (χ2v) is 7.20. The summed E-state index contributed by atoms with van der Waals surface area (Å²) in [7, 11) is 0. The lowest BCUT2D eigenvalue weighted by molar-refractivity contribution is -0.138. The molecule has 1 saturated carbocycles. The number of nitrogens with zero attached hydrogens (tertiary/aromatic N) is 3. The van der Waals surface area contributed by atoms with E-state index >= 15 is 0 Å². The van der Waals surface area contributed by atoms with Crippen LogP contribution >= 0.6 is 0 Å². The quantitative estimate of drug-likeness (QED) is 0.783. The predicted octanol–water partition coefficient (Wildman–Crippen LogP) is 2.67. The maximum Gasteiger partial charge on any atom is 0.303 e. The molecular weight excluding hydrogens is 360 g/mol. The molecule has 0 atom stereocenters. The zero-order valence-corrected chi connectivity index (χ0v) is 16.0. The fourth-order valence-corrected chi connectivity index (χ4v) is 3.60. The number of aliphatic carboxylic acids is 1. The van der Waals surface area contributed by atoms with Gasteiger partial charge < -0.3 is 15.6 Å². The lowest BCUT2D eigenvalue weighted by Crippen LogP contribution is -2.25. The van der Waals surface area contributed by atoms with E-state index in [1.807, 2.05) is 13.0 Å². The van der Waals surface area contributed by atoms with E-state index in [1.165, 1.54) is 0 Å². The van der Waals surface area contributed by atoms with Crippen molar-refractivity contribution in [3.05, 3.63) is 35.4 Å². The third-order valence-corrected chi connectivity index (χ3v) is 5.03. The van der Waals surface area contributed by atoms with Crippen molar-refractivity contribution in [1.82, 2.24) is 15.0 Å². The molecule has 1 aliphatic rings. The number of nitrogens with two attached hydrogens (primary N) is 1. The Morgan fingerprint density at radius 2 is 1.86 bits per heavy atom. The third kappa shape index (κ3) is 4.62. The van der Waals surface area contributed by atoms with E-state index < -0.39 is 11.9 Å². The Hall–Kier alpha value is -3.03. The molecule has 1 amide bonds. The highest BCUT2D eigenvalue weighted by Gasteiger charge is 2.24. The molecule has 2 aromatic rings. The Kier molecular flexibility index (Phi) is 5.87. The summed E-state index contributed by atoms with van der Waals surface area (Å²) in [5, 5.41) is 8.89. The number of amides is 1. The van der Waals surface area contributed by atoms with Gasteiger partial charge in [0.1, 0.15) is 11.8 Å². The van der Waals surface area contributed by atoms with E-state index in [0.29, 0.717) is 23.0 Å². The summed E-state index contributed by atoms with van der Waals surface area (Å²) >= 11 is 0. The van der Waals surface area contributed by atoms with Crippen LogP contribution < -0.4 is 10.5 Å². The van der Waals surface area contributed by atoms with Crippen LogP contribution in [-0.4, -0.2) is 38.0 Å². The number of carbonyl (C=O) groups is 2. The second kappa shape index (κ2) is 8.33. The number of aromatic nitrogens is 3. The van der Waals surface area contributed by atoms with Gasteiger partial charge in [-0.3, -0.25) is 14.6 Å². The van der Waals surface area contributed by atoms with Gasteiger partial charge in [0.25, 0.3) is 5.91 Å². The van der Waals surface area contributed by atoms with E-state index in [-0.39, 0.29) is 24.1 Å². The molecule has 0 aromatic carbocycles. The number of carbonyl (C=O) groups excluding carboxylic acids is 1. The molecule has 3 N–H and O–H groups in total. The minimum atomic E-state index is -0.740. The predicted molar refractivity (Wildman–Crippen MR) is 102 cm³/mol. The van der Waals surface area contributed by atoms with Gasteiger partial charge in [-0.05, 0) is 51.5 Å². The van der Waals surface area contributed by atoms with Crippen molar-refractivity contribution in [1.29, 1.82) is 0 Å². The first kappa shape index (κ1) is 19.7. The van der Waals surface area contributed by atoms with Crippen molar-refractivity contribution in [3.8, 4) is 17.1 Å². The molecule has 148 valence electrons. The number of hydrogen-bond acceptors (Lipinski definition) is 6.